The van der Waals surface area contributed by atoms with Crippen molar-refractivity contribution < 1.29 is 9.59 Å². The lowest BCUT2D eigenvalue weighted by molar-refractivity contribution is -0.127. The number of likely N-dealkylation sites (N-methyl/N-ethyl adjacent to an activating group) is 1. The van der Waals surface area contributed by atoms with E-state index < -0.39 is 0 Å². The van der Waals surface area contributed by atoms with Crippen LogP contribution in [0.1, 0.15) is 46.2 Å². The van der Waals surface area contributed by atoms with Crippen molar-refractivity contribution in [3.05, 3.63) is 47.0 Å². The van der Waals surface area contributed by atoms with Crippen molar-refractivity contribution in [2.75, 3.05) is 7.05 Å². The zero-order valence-electron chi connectivity index (χ0n) is 13.5. The Morgan fingerprint density at radius 3 is 3.08 bits per heavy atom. The number of amides is 2. The number of hydrogen-bond acceptors (Lipinski definition) is 4. The van der Waals surface area contributed by atoms with Gasteiger partial charge in [0.05, 0.1) is 12.1 Å². The van der Waals surface area contributed by atoms with Crippen LogP contribution in [0.4, 0.5) is 0 Å². The number of nitrogens with one attached hydrogen (secondary N) is 2. The first kappa shape index (κ1) is 14.9. The molecule has 1 saturated heterocycles. The topological polar surface area (TPSA) is 91.0 Å². The van der Waals surface area contributed by atoms with Gasteiger partial charge in [0.1, 0.15) is 0 Å². The molecule has 2 atom stereocenters. The first-order chi connectivity index (χ1) is 11.6. The molecule has 7 nitrogen and oxygen atoms in total. The predicted octanol–water partition coefficient (Wildman–Crippen LogP) is 0.995. The molecule has 2 N–H and O–H groups in total. The summed E-state index contributed by atoms with van der Waals surface area (Å²) in [6, 6.07) is 3.28. The van der Waals surface area contributed by atoms with Crippen LogP contribution in [0.15, 0.2) is 24.5 Å². The fourth-order valence-electron chi connectivity index (χ4n) is 3.75. The van der Waals surface area contributed by atoms with E-state index in [-0.39, 0.29) is 30.3 Å². The number of carbonyl (C=O) groups is 2. The number of hydrogen-bond donors (Lipinski definition) is 2. The Morgan fingerprint density at radius 2 is 2.29 bits per heavy atom. The molecule has 0 bridgehead atoms. The van der Waals surface area contributed by atoms with Gasteiger partial charge in [0.2, 0.25) is 5.91 Å². The van der Waals surface area contributed by atoms with E-state index in [2.05, 4.69) is 20.5 Å². The average Bonchev–Trinajstić information content (AvgIpc) is 3.24. The van der Waals surface area contributed by atoms with Crippen molar-refractivity contribution in [2.45, 2.75) is 37.8 Å². The summed E-state index contributed by atoms with van der Waals surface area (Å²) in [6.07, 6.45) is 6.59. The standard InChI is InChI=1S/C17H19N5O2/c1-22-14(23)8-13(16(22)10-4-3-7-18-9-10)19-17(24)15-11-5-2-6-12(11)20-21-15/h3-4,7,9,13,16H,2,5-6,8H2,1H3,(H,19,24)(H,20,21)/t13-,16+/m1/s1. The number of rotatable bonds is 3. The number of pyridine rings is 1. The lowest BCUT2D eigenvalue weighted by Crippen LogP contribution is -2.39. The van der Waals surface area contributed by atoms with Crippen LogP contribution in [0.3, 0.4) is 0 Å². The van der Waals surface area contributed by atoms with E-state index in [1.165, 1.54) is 0 Å². The van der Waals surface area contributed by atoms with Crippen LogP contribution in [0.25, 0.3) is 0 Å². The van der Waals surface area contributed by atoms with Gasteiger partial charge >= 0.3 is 0 Å². The molecule has 124 valence electrons. The molecular formula is C17H19N5O2. The van der Waals surface area contributed by atoms with Gasteiger partial charge in [-0.15, -0.1) is 0 Å². The number of aromatic nitrogens is 3. The van der Waals surface area contributed by atoms with Gasteiger partial charge in [-0.2, -0.15) is 5.10 Å². The van der Waals surface area contributed by atoms with Gasteiger partial charge < -0.3 is 10.2 Å². The third kappa shape index (κ3) is 2.36. The minimum atomic E-state index is -0.284. The van der Waals surface area contributed by atoms with Gasteiger partial charge in [0.15, 0.2) is 5.69 Å². The number of nitrogens with zero attached hydrogens (tertiary/aromatic N) is 3. The van der Waals surface area contributed by atoms with Crippen LogP contribution in [0, 0.1) is 0 Å². The lowest BCUT2D eigenvalue weighted by Gasteiger charge is -2.25. The Hall–Kier alpha value is -2.70. The van der Waals surface area contributed by atoms with E-state index in [1.807, 2.05) is 12.1 Å². The number of carbonyl (C=O) groups excluding carboxylic acids is 2. The van der Waals surface area contributed by atoms with Crippen LogP contribution < -0.4 is 5.32 Å². The second kappa shape index (κ2) is 5.74. The van der Waals surface area contributed by atoms with Crippen LogP contribution in [0.2, 0.25) is 0 Å². The molecule has 0 aromatic carbocycles. The van der Waals surface area contributed by atoms with Crippen LogP contribution in [-0.2, 0) is 17.6 Å². The van der Waals surface area contributed by atoms with E-state index in [0.717, 1.165) is 36.1 Å². The predicted molar refractivity (Wildman–Crippen MR) is 86.2 cm³/mol. The Kier molecular flexibility index (Phi) is 3.55. The van der Waals surface area contributed by atoms with Gasteiger partial charge in [0, 0.05) is 37.1 Å². The Morgan fingerprint density at radius 1 is 1.42 bits per heavy atom. The molecule has 2 aromatic rings. The molecule has 2 aliphatic rings. The highest BCUT2D eigenvalue weighted by molar-refractivity contribution is 5.95. The second-order valence-corrected chi connectivity index (χ2v) is 6.40. The lowest BCUT2D eigenvalue weighted by atomic mass is 10.0. The number of likely N-dealkylation sites (tertiary alicyclic amines) is 1. The van der Waals surface area contributed by atoms with E-state index in [1.54, 1.807) is 24.3 Å². The molecule has 0 saturated carbocycles. The van der Waals surface area contributed by atoms with E-state index in [0.29, 0.717) is 5.69 Å². The zero-order chi connectivity index (χ0) is 16.7. The highest BCUT2D eigenvalue weighted by Gasteiger charge is 2.40. The van der Waals surface area contributed by atoms with Crippen molar-refractivity contribution in [2.24, 2.45) is 0 Å². The fourth-order valence-corrected chi connectivity index (χ4v) is 3.75. The summed E-state index contributed by atoms with van der Waals surface area (Å²) in [6.45, 7) is 0. The molecule has 2 amide bonds. The molecule has 7 heteroatoms. The molecule has 4 rings (SSSR count). The smallest absolute Gasteiger partial charge is 0.272 e. The average molecular weight is 325 g/mol. The first-order valence-corrected chi connectivity index (χ1v) is 8.17. The van der Waals surface area contributed by atoms with E-state index in [4.69, 9.17) is 0 Å². The monoisotopic (exact) mass is 325 g/mol. The molecule has 2 aromatic heterocycles. The first-order valence-electron chi connectivity index (χ1n) is 8.17. The van der Waals surface area contributed by atoms with E-state index >= 15 is 0 Å². The summed E-state index contributed by atoms with van der Waals surface area (Å²) in [5, 5.41) is 10.1. The molecule has 24 heavy (non-hydrogen) atoms. The van der Waals surface area contributed by atoms with Gasteiger partial charge in [-0.1, -0.05) is 6.07 Å². The molecule has 3 heterocycles. The summed E-state index contributed by atoms with van der Waals surface area (Å²) in [5.74, 6) is -0.196. The highest BCUT2D eigenvalue weighted by atomic mass is 16.2. The van der Waals surface area contributed by atoms with Crippen LogP contribution in [-0.4, -0.2) is 45.0 Å². The Bertz CT molecular complexity index is 786. The molecule has 1 fully saturated rings. The number of fused-ring (bicyclic) bond motifs is 1. The SMILES string of the molecule is CN1C(=O)C[C@@H](NC(=O)c2n[nH]c3c2CCC3)[C@@H]1c1cccnc1. The van der Waals surface area contributed by atoms with Gasteiger partial charge in [-0.05, 0) is 30.9 Å². The summed E-state index contributed by atoms with van der Waals surface area (Å²) in [7, 11) is 1.76. The minimum absolute atomic E-state index is 0.0152. The molecule has 0 spiro atoms. The van der Waals surface area contributed by atoms with Crippen molar-refractivity contribution in [1.82, 2.24) is 25.4 Å². The Labute approximate surface area is 139 Å². The summed E-state index contributed by atoms with van der Waals surface area (Å²) >= 11 is 0. The molecule has 1 aliphatic carbocycles. The van der Waals surface area contributed by atoms with Crippen LogP contribution in [0.5, 0.6) is 0 Å². The van der Waals surface area contributed by atoms with Gasteiger partial charge in [-0.3, -0.25) is 19.7 Å². The Balaban J connectivity index is 1.58. The molecule has 1 aliphatic heterocycles. The summed E-state index contributed by atoms with van der Waals surface area (Å²) < 4.78 is 0. The normalized spacial score (nSPS) is 22.7. The third-order valence-electron chi connectivity index (χ3n) is 4.95. The second-order valence-electron chi connectivity index (χ2n) is 6.40. The van der Waals surface area contributed by atoms with E-state index in [9.17, 15) is 9.59 Å². The molecule has 0 unspecified atom stereocenters. The molecular weight excluding hydrogens is 306 g/mol. The number of H-pyrrole nitrogens is 1. The number of aromatic amines is 1. The molecule has 0 radical (unpaired) electrons. The minimum Gasteiger partial charge on any atom is -0.345 e. The largest absolute Gasteiger partial charge is 0.345 e. The van der Waals surface area contributed by atoms with Crippen LogP contribution >= 0.6 is 0 Å². The van der Waals surface area contributed by atoms with Crippen molar-refractivity contribution in [3.63, 3.8) is 0 Å². The maximum absolute atomic E-state index is 12.7. The quantitative estimate of drug-likeness (QED) is 0.880. The fraction of sp³-hybridized carbons (Fsp3) is 0.412. The number of aryl methyl sites for hydroxylation is 1. The van der Waals surface area contributed by atoms with Crippen molar-refractivity contribution >= 4 is 11.8 Å². The maximum Gasteiger partial charge on any atom is 0.272 e. The van der Waals surface area contributed by atoms with Gasteiger partial charge in [-0.25, -0.2) is 0 Å². The zero-order valence-corrected chi connectivity index (χ0v) is 13.5. The van der Waals surface area contributed by atoms with Crippen molar-refractivity contribution in [1.29, 1.82) is 0 Å². The third-order valence-corrected chi connectivity index (χ3v) is 4.95. The van der Waals surface area contributed by atoms with Crippen molar-refractivity contribution in [3.8, 4) is 0 Å². The van der Waals surface area contributed by atoms with Gasteiger partial charge in [0.25, 0.3) is 5.91 Å². The summed E-state index contributed by atoms with van der Waals surface area (Å²) in [4.78, 5) is 30.6. The summed E-state index contributed by atoms with van der Waals surface area (Å²) in [5.41, 5.74) is 3.46. The highest BCUT2D eigenvalue weighted by Crippen LogP contribution is 2.32. The maximum atomic E-state index is 12.7.